The molecule has 0 amide bonds. The van der Waals surface area contributed by atoms with E-state index in [0.717, 1.165) is 17.2 Å². The Morgan fingerprint density at radius 3 is 1.73 bits per heavy atom. The zero-order valence-electron chi connectivity index (χ0n) is 19.5. The predicted octanol–water partition coefficient (Wildman–Crippen LogP) is 6.58. The number of alkyl halides is 6. The minimum Gasteiger partial charge on any atom is -0.354 e. The standard InChI is InChI=1S/C27H22F6N4/c28-26(29,30)21-17-22(27(31,32)33)34-25-20(21)11-12-23(35-25)36-13-15-37(16-14-36)24(18-7-3-1-4-8-18)19-9-5-2-6-10-19/h1-12,17,24H,13-16H2. The van der Waals surface area contributed by atoms with E-state index in [1.54, 1.807) is 0 Å². The number of pyridine rings is 2. The number of nitrogens with zero attached hydrogens (tertiary/aromatic N) is 4. The molecule has 0 saturated carbocycles. The zero-order chi connectivity index (χ0) is 26.2. The molecular weight excluding hydrogens is 494 g/mol. The Hall–Kier alpha value is -3.66. The van der Waals surface area contributed by atoms with Gasteiger partial charge in [-0.2, -0.15) is 26.3 Å². The Morgan fingerprint density at radius 2 is 1.22 bits per heavy atom. The summed E-state index contributed by atoms with van der Waals surface area (Å²) >= 11 is 0. The van der Waals surface area contributed by atoms with Crippen molar-refractivity contribution in [1.29, 1.82) is 0 Å². The van der Waals surface area contributed by atoms with E-state index in [-0.39, 0.29) is 12.1 Å². The van der Waals surface area contributed by atoms with Crippen molar-refractivity contribution in [2.24, 2.45) is 0 Å². The van der Waals surface area contributed by atoms with E-state index in [9.17, 15) is 26.3 Å². The van der Waals surface area contributed by atoms with Crippen molar-refractivity contribution in [1.82, 2.24) is 14.9 Å². The lowest BCUT2D eigenvalue weighted by Gasteiger charge is -2.40. The molecule has 4 nitrogen and oxygen atoms in total. The summed E-state index contributed by atoms with van der Waals surface area (Å²) in [5, 5.41) is -0.462. The summed E-state index contributed by atoms with van der Waals surface area (Å²) in [6, 6.07) is 22.7. The SMILES string of the molecule is FC(F)(F)c1cc(C(F)(F)F)c2ccc(N3CCN(C(c4ccccc4)c4ccccc4)CC3)nc2n1. The smallest absolute Gasteiger partial charge is 0.354 e. The number of halogens is 6. The number of aromatic nitrogens is 2. The molecule has 0 spiro atoms. The quantitative estimate of drug-likeness (QED) is 0.287. The van der Waals surface area contributed by atoms with Crippen LogP contribution in [0.1, 0.15) is 28.4 Å². The van der Waals surface area contributed by atoms with Gasteiger partial charge >= 0.3 is 12.4 Å². The number of fused-ring (bicyclic) bond motifs is 1. The minimum absolute atomic E-state index is 0.0134. The highest BCUT2D eigenvalue weighted by Crippen LogP contribution is 2.39. The van der Waals surface area contributed by atoms with Gasteiger partial charge < -0.3 is 4.90 Å². The van der Waals surface area contributed by atoms with Crippen LogP contribution in [0, 0.1) is 0 Å². The van der Waals surface area contributed by atoms with E-state index in [1.807, 2.05) is 41.3 Å². The summed E-state index contributed by atoms with van der Waals surface area (Å²) in [5.74, 6) is 0.295. The molecule has 0 radical (unpaired) electrons. The number of anilines is 1. The average Bonchev–Trinajstić information content (AvgIpc) is 2.88. The van der Waals surface area contributed by atoms with E-state index in [0.29, 0.717) is 32.0 Å². The van der Waals surface area contributed by atoms with Crippen LogP contribution in [0.5, 0.6) is 0 Å². The van der Waals surface area contributed by atoms with E-state index in [2.05, 4.69) is 39.1 Å². The van der Waals surface area contributed by atoms with Crippen molar-refractivity contribution >= 4 is 16.9 Å². The molecular formula is C27H22F6N4. The number of piperazine rings is 1. The molecule has 0 aliphatic carbocycles. The normalized spacial score (nSPS) is 15.5. The van der Waals surface area contributed by atoms with Gasteiger partial charge in [0.2, 0.25) is 0 Å². The lowest BCUT2D eigenvalue weighted by molar-refractivity contribution is -0.144. The Labute approximate surface area is 209 Å². The summed E-state index contributed by atoms with van der Waals surface area (Å²) in [6.07, 6.45) is -10.00. The second kappa shape index (κ2) is 9.66. The van der Waals surface area contributed by atoms with Crippen molar-refractivity contribution in [3.05, 3.63) is 101 Å². The molecule has 192 valence electrons. The highest BCUT2D eigenvalue weighted by molar-refractivity contribution is 5.81. The maximum atomic E-state index is 13.5. The third-order valence-electron chi connectivity index (χ3n) is 6.49. The molecule has 3 heterocycles. The van der Waals surface area contributed by atoms with Crippen LogP contribution in [0.25, 0.3) is 11.0 Å². The maximum Gasteiger partial charge on any atom is 0.433 e. The summed E-state index contributed by atoms with van der Waals surface area (Å²) in [5.41, 5.74) is -1.32. The summed E-state index contributed by atoms with van der Waals surface area (Å²) < 4.78 is 80.3. The van der Waals surface area contributed by atoms with Crippen LogP contribution in [0.3, 0.4) is 0 Å². The Bertz CT molecular complexity index is 1330. The first-order valence-electron chi connectivity index (χ1n) is 11.7. The van der Waals surface area contributed by atoms with E-state index >= 15 is 0 Å². The Balaban J connectivity index is 1.43. The van der Waals surface area contributed by atoms with Crippen LogP contribution in [0.15, 0.2) is 78.9 Å². The molecule has 5 rings (SSSR count). The predicted molar refractivity (Wildman–Crippen MR) is 128 cm³/mol. The van der Waals surface area contributed by atoms with Crippen LogP contribution >= 0.6 is 0 Å². The summed E-state index contributed by atoms with van der Waals surface area (Å²) in [6.45, 7) is 2.25. The summed E-state index contributed by atoms with van der Waals surface area (Å²) in [4.78, 5) is 11.7. The van der Waals surface area contributed by atoms with Gasteiger partial charge in [-0.1, -0.05) is 60.7 Å². The molecule has 2 aromatic carbocycles. The molecule has 37 heavy (non-hydrogen) atoms. The van der Waals surface area contributed by atoms with Crippen LogP contribution in [-0.2, 0) is 12.4 Å². The molecule has 0 unspecified atom stereocenters. The van der Waals surface area contributed by atoms with Crippen molar-refractivity contribution in [3.63, 3.8) is 0 Å². The van der Waals surface area contributed by atoms with Gasteiger partial charge in [0.25, 0.3) is 0 Å². The fourth-order valence-electron chi connectivity index (χ4n) is 4.74. The van der Waals surface area contributed by atoms with Crippen molar-refractivity contribution in [3.8, 4) is 0 Å². The molecule has 0 N–H and O–H groups in total. The van der Waals surface area contributed by atoms with Gasteiger partial charge in [-0.05, 0) is 29.3 Å². The fraction of sp³-hybridized carbons (Fsp3) is 0.259. The van der Waals surface area contributed by atoms with Crippen LogP contribution in [0.2, 0.25) is 0 Å². The van der Waals surface area contributed by atoms with Crippen LogP contribution in [0.4, 0.5) is 32.2 Å². The van der Waals surface area contributed by atoms with Gasteiger partial charge in [0.05, 0.1) is 11.6 Å². The number of hydrogen-bond acceptors (Lipinski definition) is 4. The van der Waals surface area contributed by atoms with Gasteiger partial charge in [-0.3, -0.25) is 4.90 Å². The Kier molecular flexibility index (Phi) is 6.53. The summed E-state index contributed by atoms with van der Waals surface area (Å²) in [7, 11) is 0. The monoisotopic (exact) mass is 516 g/mol. The van der Waals surface area contributed by atoms with Gasteiger partial charge in [-0.25, -0.2) is 9.97 Å². The van der Waals surface area contributed by atoms with Gasteiger partial charge in [0.1, 0.15) is 11.5 Å². The first kappa shape index (κ1) is 25.0. The van der Waals surface area contributed by atoms with Crippen molar-refractivity contribution < 1.29 is 26.3 Å². The Morgan fingerprint density at radius 1 is 0.649 bits per heavy atom. The fourth-order valence-corrected chi connectivity index (χ4v) is 4.74. The number of rotatable bonds is 4. The minimum atomic E-state index is -5.03. The molecule has 1 saturated heterocycles. The van der Waals surface area contributed by atoms with Crippen molar-refractivity contribution in [2.75, 3.05) is 31.1 Å². The van der Waals surface area contributed by atoms with Crippen LogP contribution in [-0.4, -0.2) is 41.0 Å². The molecule has 0 bridgehead atoms. The van der Waals surface area contributed by atoms with Crippen molar-refractivity contribution in [2.45, 2.75) is 18.4 Å². The zero-order valence-corrected chi connectivity index (χ0v) is 19.5. The highest BCUT2D eigenvalue weighted by atomic mass is 19.4. The molecule has 1 aliphatic rings. The lowest BCUT2D eigenvalue weighted by atomic mass is 9.96. The molecule has 2 aromatic heterocycles. The van der Waals surface area contributed by atoms with E-state index in [4.69, 9.17) is 0 Å². The molecule has 4 aromatic rings. The highest BCUT2D eigenvalue weighted by Gasteiger charge is 2.39. The topological polar surface area (TPSA) is 32.3 Å². The second-order valence-electron chi connectivity index (χ2n) is 8.84. The van der Waals surface area contributed by atoms with Gasteiger partial charge in [0.15, 0.2) is 5.65 Å². The molecule has 1 fully saturated rings. The van der Waals surface area contributed by atoms with E-state index in [1.165, 1.54) is 6.07 Å². The first-order valence-corrected chi connectivity index (χ1v) is 11.7. The number of hydrogen-bond donors (Lipinski definition) is 0. The molecule has 1 aliphatic heterocycles. The number of benzene rings is 2. The van der Waals surface area contributed by atoms with Gasteiger partial charge in [-0.15, -0.1) is 0 Å². The maximum absolute atomic E-state index is 13.5. The average molecular weight is 516 g/mol. The lowest BCUT2D eigenvalue weighted by Crippen LogP contribution is -2.48. The first-order chi connectivity index (χ1) is 17.6. The molecule has 0 atom stereocenters. The second-order valence-corrected chi connectivity index (χ2v) is 8.84. The largest absolute Gasteiger partial charge is 0.433 e. The van der Waals surface area contributed by atoms with Crippen LogP contribution < -0.4 is 4.90 Å². The van der Waals surface area contributed by atoms with E-state index < -0.39 is 34.6 Å². The third kappa shape index (κ3) is 5.24. The third-order valence-corrected chi connectivity index (χ3v) is 6.49. The molecule has 10 heteroatoms. The van der Waals surface area contributed by atoms with Gasteiger partial charge in [0, 0.05) is 31.6 Å².